The third-order valence-corrected chi connectivity index (χ3v) is 8.17. The number of Topliss-reactive ketones (excluding diaryl/α,β-unsaturated/α-hetero) is 3. The number of hydrogen-bond acceptors (Lipinski definition) is 10. The number of nitrogens with zero attached hydrogens (tertiary/aromatic N) is 3. The number of fused-ring (bicyclic) bond motifs is 3. The van der Waals surface area contributed by atoms with Crippen molar-refractivity contribution in [2.75, 3.05) is 0 Å². The van der Waals surface area contributed by atoms with Crippen LogP contribution in [0.25, 0.3) is 0 Å². The summed E-state index contributed by atoms with van der Waals surface area (Å²) in [7, 11) is 0. The summed E-state index contributed by atoms with van der Waals surface area (Å²) in [6, 6.07) is 4.56. The second-order valence-electron chi connectivity index (χ2n) is 10.2. The molecule has 2 aliphatic rings. The van der Waals surface area contributed by atoms with E-state index in [0.717, 1.165) is 6.08 Å². The van der Waals surface area contributed by atoms with Gasteiger partial charge in [-0.2, -0.15) is 0 Å². The number of carbonyl (C=O) groups is 4. The summed E-state index contributed by atoms with van der Waals surface area (Å²) in [5, 5.41) is 33.0. The van der Waals surface area contributed by atoms with E-state index in [-0.39, 0.29) is 63.4 Å². The normalized spacial score (nSPS) is 18.7. The quantitative estimate of drug-likeness (QED) is 0.201. The Morgan fingerprint density at radius 2 is 1.83 bits per heavy atom. The number of nitrogens with one attached hydrogen (secondary N) is 1. The molecule has 0 bridgehead atoms. The van der Waals surface area contributed by atoms with Crippen LogP contribution in [0.2, 0.25) is 10.0 Å². The molecule has 216 valence electrons. The summed E-state index contributed by atoms with van der Waals surface area (Å²) < 4.78 is 7.12. The Kier molecular flexibility index (Phi) is 7.20. The predicted molar refractivity (Wildman–Crippen MR) is 151 cm³/mol. The molecule has 1 aromatic heterocycles. The van der Waals surface area contributed by atoms with Crippen molar-refractivity contribution in [2.24, 2.45) is 0 Å². The lowest BCUT2D eigenvalue weighted by Crippen LogP contribution is -2.41. The van der Waals surface area contributed by atoms with Gasteiger partial charge in [-0.3, -0.25) is 19.2 Å². The molecule has 11 nitrogen and oxygen atoms in total. The Bertz CT molecular complexity index is 1810. The van der Waals surface area contributed by atoms with Gasteiger partial charge >= 0.3 is 0 Å². The van der Waals surface area contributed by atoms with Crippen LogP contribution in [0, 0.1) is 6.92 Å². The Balaban J connectivity index is 1.39. The predicted octanol–water partition coefficient (Wildman–Crippen LogP) is 4.14. The number of ether oxygens (including phenoxy) is 1. The van der Waals surface area contributed by atoms with Crippen LogP contribution in [0.5, 0.6) is 17.2 Å². The summed E-state index contributed by atoms with van der Waals surface area (Å²) >= 11 is 11.9. The number of ketones is 4. The molecule has 2 aromatic carbocycles. The Hall–Kier alpha value is -4.48. The molecular weight excluding hydrogens is 587 g/mol. The zero-order valence-electron chi connectivity index (χ0n) is 22.8. The average molecular weight is 611 g/mol. The first-order valence-corrected chi connectivity index (χ1v) is 13.4. The van der Waals surface area contributed by atoms with Gasteiger partial charge in [-0.25, -0.2) is 4.68 Å². The first-order valence-electron chi connectivity index (χ1n) is 12.7. The van der Waals surface area contributed by atoms with Crippen LogP contribution in [-0.4, -0.2) is 48.3 Å². The maximum absolute atomic E-state index is 13.9. The number of aromatic hydroxyl groups is 2. The summed E-state index contributed by atoms with van der Waals surface area (Å²) in [6.07, 6.45) is 2.68. The highest BCUT2D eigenvalue weighted by molar-refractivity contribution is 6.42. The highest BCUT2D eigenvalue weighted by Gasteiger charge is 2.56. The Morgan fingerprint density at radius 1 is 1.12 bits per heavy atom. The van der Waals surface area contributed by atoms with E-state index in [1.807, 2.05) is 0 Å². The van der Waals surface area contributed by atoms with Crippen molar-refractivity contribution >= 4 is 46.3 Å². The van der Waals surface area contributed by atoms with Gasteiger partial charge in [0.1, 0.15) is 46.2 Å². The number of benzene rings is 2. The van der Waals surface area contributed by atoms with E-state index >= 15 is 0 Å². The topological polar surface area (TPSA) is 161 Å². The molecule has 0 radical (unpaired) electrons. The van der Waals surface area contributed by atoms with E-state index < -0.39 is 34.3 Å². The summed E-state index contributed by atoms with van der Waals surface area (Å²) in [5.41, 5.74) is -0.935. The number of phenolic OH excluding ortho intramolecular Hbond substituents is 2. The molecule has 1 atom stereocenters. The van der Waals surface area contributed by atoms with Crippen LogP contribution in [0.3, 0.4) is 0 Å². The van der Waals surface area contributed by atoms with E-state index in [2.05, 4.69) is 15.6 Å². The van der Waals surface area contributed by atoms with Gasteiger partial charge in [0.15, 0.2) is 23.1 Å². The van der Waals surface area contributed by atoms with Gasteiger partial charge in [0.2, 0.25) is 0 Å². The monoisotopic (exact) mass is 610 g/mol. The lowest BCUT2D eigenvalue weighted by atomic mass is 9.70. The van der Waals surface area contributed by atoms with Crippen LogP contribution in [-0.2, 0) is 28.1 Å². The molecule has 1 unspecified atom stereocenters. The van der Waals surface area contributed by atoms with Crippen molar-refractivity contribution in [1.82, 2.24) is 20.3 Å². The standard InChI is InChI=1S/C29H24Cl2N4O7/c1-12-25(39)23(14(3)36)27-24(26(12)40)29(4)21(42-27)8-19(37)22(28(29)41)13(2)32-9-16-10-35(34-33-16)11-20(38)15-5-6-17(30)18(31)7-15/h5-8,10,32,39-40H,9,11H2,1-4H3/b22-13+. The minimum absolute atomic E-state index is 0.00614. The minimum Gasteiger partial charge on any atom is -0.507 e. The highest BCUT2D eigenvalue weighted by atomic mass is 35.5. The molecule has 1 aliphatic heterocycles. The molecule has 0 saturated heterocycles. The number of halogens is 2. The largest absolute Gasteiger partial charge is 0.507 e. The molecule has 0 spiro atoms. The van der Waals surface area contributed by atoms with Gasteiger partial charge in [-0.1, -0.05) is 28.4 Å². The molecule has 42 heavy (non-hydrogen) atoms. The second kappa shape index (κ2) is 10.4. The average Bonchev–Trinajstić information content (AvgIpc) is 3.49. The SMILES string of the molecule is CC(=O)c1c(O)c(C)c(O)c2c1OC1=CC(=O)/C(=C(/C)NCc3cn(CC(=O)c4ccc(Cl)c(Cl)c4)nn3)C(=O)C12C. The molecule has 5 rings (SSSR count). The number of allylic oxidation sites excluding steroid dienone is 4. The van der Waals surface area contributed by atoms with E-state index in [9.17, 15) is 29.4 Å². The van der Waals surface area contributed by atoms with Crippen molar-refractivity contribution in [3.8, 4) is 17.2 Å². The molecular formula is C29H24Cl2N4O7. The van der Waals surface area contributed by atoms with E-state index in [4.69, 9.17) is 27.9 Å². The molecule has 2 heterocycles. The van der Waals surface area contributed by atoms with Gasteiger partial charge < -0.3 is 20.3 Å². The van der Waals surface area contributed by atoms with Crippen LogP contribution in [0.15, 0.2) is 47.5 Å². The number of carbonyl (C=O) groups excluding carboxylic acids is 4. The van der Waals surface area contributed by atoms with Crippen LogP contribution < -0.4 is 10.1 Å². The third-order valence-electron chi connectivity index (χ3n) is 7.43. The minimum atomic E-state index is -1.62. The second-order valence-corrected chi connectivity index (χ2v) is 11.0. The van der Waals surface area contributed by atoms with Crippen LogP contribution in [0.1, 0.15) is 58.3 Å². The van der Waals surface area contributed by atoms with Crippen LogP contribution >= 0.6 is 23.2 Å². The highest BCUT2D eigenvalue weighted by Crippen LogP contribution is 2.57. The van der Waals surface area contributed by atoms with Crippen molar-refractivity contribution in [3.63, 3.8) is 0 Å². The maximum atomic E-state index is 13.9. The van der Waals surface area contributed by atoms with Gasteiger partial charge in [0.05, 0.1) is 33.9 Å². The van der Waals surface area contributed by atoms with E-state index in [1.54, 1.807) is 19.2 Å². The summed E-state index contributed by atoms with van der Waals surface area (Å²) in [6.45, 7) is 5.64. The zero-order valence-corrected chi connectivity index (χ0v) is 24.3. The lowest BCUT2D eigenvalue weighted by molar-refractivity contribution is -0.123. The molecule has 13 heteroatoms. The van der Waals surface area contributed by atoms with Gasteiger partial charge in [-0.15, -0.1) is 5.10 Å². The van der Waals surface area contributed by atoms with Crippen molar-refractivity contribution in [1.29, 1.82) is 0 Å². The molecule has 3 aromatic rings. The smallest absolute Gasteiger partial charge is 0.194 e. The summed E-state index contributed by atoms with van der Waals surface area (Å²) in [5.74, 6) is -3.15. The lowest BCUT2D eigenvalue weighted by Gasteiger charge is -2.29. The van der Waals surface area contributed by atoms with Gasteiger partial charge in [0, 0.05) is 22.9 Å². The summed E-state index contributed by atoms with van der Waals surface area (Å²) in [4.78, 5) is 51.9. The number of hydrogen-bond donors (Lipinski definition) is 3. The number of rotatable bonds is 7. The number of aromatic nitrogens is 3. The van der Waals surface area contributed by atoms with Crippen molar-refractivity contribution in [3.05, 3.63) is 85.5 Å². The third kappa shape index (κ3) is 4.54. The molecule has 0 amide bonds. The van der Waals surface area contributed by atoms with Crippen molar-refractivity contribution < 1.29 is 34.1 Å². The Labute approximate surface area is 249 Å². The molecule has 1 aliphatic carbocycles. The van der Waals surface area contributed by atoms with E-state index in [1.165, 1.54) is 37.6 Å². The maximum Gasteiger partial charge on any atom is 0.194 e. The van der Waals surface area contributed by atoms with Crippen LogP contribution in [0.4, 0.5) is 0 Å². The fourth-order valence-corrected chi connectivity index (χ4v) is 5.38. The zero-order chi connectivity index (χ0) is 30.7. The van der Waals surface area contributed by atoms with Gasteiger partial charge in [-0.05, 0) is 45.9 Å². The van der Waals surface area contributed by atoms with Crippen molar-refractivity contribution in [2.45, 2.75) is 46.2 Å². The fraction of sp³-hybridized carbons (Fsp3) is 0.241. The molecule has 0 fully saturated rings. The number of phenols is 2. The molecule has 0 saturated carbocycles. The fourth-order valence-electron chi connectivity index (χ4n) is 5.08. The van der Waals surface area contributed by atoms with E-state index in [0.29, 0.717) is 16.3 Å². The Morgan fingerprint density at radius 3 is 2.50 bits per heavy atom. The molecule has 3 N–H and O–H groups in total. The first kappa shape index (κ1) is 29.0. The first-order chi connectivity index (χ1) is 19.7. The van der Waals surface area contributed by atoms with Gasteiger partial charge in [0.25, 0.3) is 0 Å².